The van der Waals surface area contributed by atoms with Crippen LogP contribution in [0.5, 0.6) is 0 Å². The van der Waals surface area contributed by atoms with Crippen LogP contribution in [0.4, 0.5) is 10.1 Å². The predicted octanol–water partition coefficient (Wildman–Crippen LogP) is 2.09. The van der Waals surface area contributed by atoms with E-state index >= 15 is 0 Å². The summed E-state index contributed by atoms with van der Waals surface area (Å²) in [6.45, 7) is 2.85. The van der Waals surface area contributed by atoms with Crippen molar-refractivity contribution in [1.82, 2.24) is 4.72 Å². The number of rotatable bonds is 8. The van der Waals surface area contributed by atoms with Gasteiger partial charge in [-0.05, 0) is 36.4 Å². The summed E-state index contributed by atoms with van der Waals surface area (Å²) >= 11 is 0. The molecular formula is C18H17FN2O5S. The molecule has 0 spiro atoms. The number of halogens is 1. The van der Waals surface area contributed by atoms with Crippen molar-refractivity contribution >= 4 is 27.6 Å². The van der Waals surface area contributed by atoms with Gasteiger partial charge < -0.3 is 10.1 Å². The number of nitrogens with one attached hydrogen (secondary N) is 2. The molecule has 9 heteroatoms. The average Bonchev–Trinajstić information content (AvgIpc) is 2.64. The van der Waals surface area contributed by atoms with Crippen LogP contribution in [0, 0.1) is 5.82 Å². The van der Waals surface area contributed by atoms with Crippen molar-refractivity contribution in [3.63, 3.8) is 0 Å². The molecule has 2 rings (SSSR count). The monoisotopic (exact) mass is 392 g/mol. The number of benzene rings is 2. The van der Waals surface area contributed by atoms with Gasteiger partial charge in [-0.15, -0.1) is 6.58 Å². The van der Waals surface area contributed by atoms with Crippen LogP contribution in [-0.2, 0) is 19.6 Å². The first-order chi connectivity index (χ1) is 12.8. The smallest absolute Gasteiger partial charge is 0.338 e. The van der Waals surface area contributed by atoms with E-state index in [1.165, 1.54) is 42.5 Å². The molecule has 27 heavy (non-hydrogen) atoms. The number of amides is 1. The zero-order chi connectivity index (χ0) is 19.9. The third kappa shape index (κ3) is 6.01. The van der Waals surface area contributed by atoms with Crippen molar-refractivity contribution in [2.75, 3.05) is 18.5 Å². The molecule has 2 aromatic carbocycles. The van der Waals surface area contributed by atoms with Gasteiger partial charge >= 0.3 is 5.97 Å². The van der Waals surface area contributed by atoms with Crippen LogP contribution in [0.1, 0.15) is 10.4 Å². The first-order valence-corrected chi connectivity index (χ1v) is 9.23. The molecule has 0 heterocycles. The summed E-state index contributed by atoms with van der Waals surface area (Å²) in [6, 6.07) is 10.4. The zero-order valence-electron chi connectivity index (χ0n) is 14.1. The third-order valence-electron chi connectivity index (χ3n) is 3.24. The van der Waals surface area contributed by atoms with Gasteiger partial charge in [-0.3, -0.25) is 4.79 Å². The minimum absolute atomic E-state index is 0.0324. The maximum Gasteiger partial charge on any atom is 0.338 e. The van der Waals surface area contributed by atoms with E-state index in [0.717, 1.165) is 12.1 Å². The zero-order valence-corrected chi connectivity index (χ0v) is 15.0. The highest BCUT2D eigenvalue weighted by atomic mass is 32.2. The van der Waals surface area contributed by atoms with Crippen molar-refractivity contribution in [2.45, 2.75) is 4.90 Å². The number of carbonyl (C=O) groups is 2. The fourth-order valence-corrected chi connectivity index (χ4v) is 3.06. The van der Waals surface area contributed by atoms with Crippen molar-refractivity contribution < 1.29 is 27.1 Å². The molecule has 2 aromatic rings. The molecular weight excluding hydrogens is 375 g/mol. The van der Waals surface area contributed by atoms with Crippen LogP contribution in [-0.4, -0.2) is 33.4 Å². The lowest BCUT2D eigenvalue weighted by molar-refractivity contribution is -0.119. The SMILES string of the molecule is C=CCNS(=O)(=O)c1cccc(C(=O)OCC(=O)Nc2cccc(F)c2)c1. The number of hydrogen-bond acceptors (Lipinski definition) is 5. The summed E-state index contributed by atoms with van der Waals surface area (Å²) in [7, 11) is -3.80. The van der Waals surface area contributed by atoms with E-state index in [9.17, 15) is 22.4 Å². The summed E-state index contributed by atoms with van der Waals surface area (Å²) in [4.78, 5) is 23.7. The van der Waals surface area contributed by atoms with Crippen LogP contribution < -0.4 is 10.0 Å². The normalized spacial score (nSPS) is 10.9. The minimum Gasteiger partial charge on any atom is -0.452 e. The Morgan fingerprint density at radius 3 is 2.59 bits per heavy atom. The average molecular weight is 392 g/mol. The van der Waals surface area contributed by atoms with E-state index in [2.05, 4.69) is 16.6 Å². The van der Waals surface area contributed by atoms with Crippen molar-refractivity contribution in [3.05, 3.63) is 72.6 Å². The Labute approximate surface area is 155 Å². The number of sulfonamides is 1. The van der Waals surface area contributed by atoms with Crippen molar-refractivity contribution in [3.8, 4) is 0 Å². The Morgan fingerprint density at radius 1 is 1.15 bits per heavy atom. The molecule has 0 aliphatic rings. The van der Waals surface area contributed by atoms with Crippen molar-refractivity contribution in [2.24, 2.45) is 0 Å². The lowest BCUT2D eigenvalue weighted by Gasteiger charge is -2.08. The largest absolute Gasteiger partial charge is 0.452 e. The number of ether oxygens (including phenoxy) is 1. The van der Waals surface area contributed by atoms with Gasteiger partial charge in [-0.25, -0.2) is 22.3 Å². The molecule has 1 amide bonds. The summed E-state index contributed by atoms with van der Waals surface area (Å²) in [5, 5.41) is 2.38. The maximum absolute atomic E-state index is 13.1. The van der Waals surface area contributed by atoms with E-state index < -0.39 is 34.3 Å². The van der Waals surface area contributed by atoms with Gasteiger partial charge in [0, 0.05) is 12.2 Å². The Morgan fingerprint density at radius 2 is 1.89 bits per heavy atom. The van der Waals surface area contributed by atoms with Gasteiger partial charge in [0.15, 0.2) is 6.61 Å². The van der Waals surface area contributed by atoms with E-state index in [1.807, 2.05) is 0 Å². The quantitative estimate of drug-likeness (QED) is 0.529. The van der Waals surface area contributed by atoms with Crippen LogP contribution in [0.25, 0.3) is 0 Å². The highest BCUT2D eigenvalue weighted by Crippen LogP contribution is 2.13. The predicted molar refractivity (Wildman–Crippen MR) is 97.1 cm³/mol. The summed E-state index contributed by atoms with van der Waals surface area (Å²) in [5.74, 6) is -2.05. The van der Waals surface area contributed by atoms with Crippen LogP contribution in [0.3, 0.4) is 0 Å². The van der Waals surface area contributed by atoms with Gasteiger partial charge in [0.1, 0.15) is 5.82 Å². The lowest BCUT2D eigenvalue weighted by Crippen LogP contribution is -2.24. The highest BCUT2D eigenvalue weighted by molar-refractivity contribution is 7.89. The number of carbonyl (C=O) groups excluding carboxylic acids is 2. The Balaban J connectivity index is 1.98. The second kappa shape index (κ2) is 9.06. The molecule has 142 valence electrons. The molecule has 0 aromatic heterocycles. The second-order valence-corrected chi connectivity index (χ2v) is 7.07. The molecule has 0 saturated carbocycles. The fourth-order valence-electron chi connectivity index (χ4n) is 2.02. The van der Waals surface area contributed by atoms with Gasteiger partial charge in [0.25, 0.3) is 5.91 Å². The summed E-state index contributed by atoms with van der Waals surface area (Å²) in [5.41, 5.74) is 0.187. The van der Waals surface area contributed by atoms with Gasteiger partial charge in [-0.2, -0.15) is 0 Å². The molecule has 0 bridgehead atoms. The molecule has 0 radical (unpaired) electrons. The maximum atomic E-state index is 13.1. The van der Waals surface area contributed by atoms with Crippen LogP contribution >= 0.6 is 0 Å². The van der Waals surface area contributed by atoms with Crippen molar-refractivity contribution in [1.29, 1.82) is 0 Å². The second-order valence-electron chi connectivity index (χ2n) is 5.30. The third-order valence-corrected chi connectivity index (χ3v) is 4.66. The number of esters is 1. The fraction of sp³-hybridized carbons (Fsp3) is 0.111. The molecule has 0 fully saturated rings. The van der Waals surface area contributed by atoms with Gasteiger partial charge in [0.2, 0.25) is 10.0 Å². The summed E-state index contributed by atoms with van der Waals surface area (Å²) in [6.07, 6.45) is 1.38. The Kier molecular flexibility index (Phi) is 6.80. The summed E-state index contributed by atoms with van der Waals surface area (Å²) < 4.78 is 44.3. The Hall–Kier alpha value is -3.04. The van der Waals surface area contributed by atoms with Crippen LogP contribution in [0.2, 0.25) is 0 Å². The molecule has 0 atom stereocenters. The van der Waals surface area contributed by atoms with Gasteiger partial charge in [-0.1, -0.05) is 18.2 Å². The highest BCUT2D eigenvalue weighted by Gasteiger charge is 2.17. The first-order valence-electron chi connectivity index (χ1n) is 7.75. The standard InChI is InChI=1S/C18H17FN2O5S/c1-2-9-20-27(24,25)16-8-3-5-13(10-16)18(23)26-12-17(22)21-15-7-4-6-14(19)11-15/h2-8,10-11,20H,1,9,12H2,(H,21,22). The molecule has 0 aliphatic heterocycles. The molecule has 0 unspecified atom stereocenters. The van der Waals surface area contributed by atoms with E-state index in [1.54, 1.807) is 0 Å². The van der Waals surface area contributed by atoms with Gasteiger partial charge in [0.05, 0.1) is 10.5 Å². The minimum atomic E-state index is -3.80. The first kappa shape index (κ1) is 20.3. The molecule has 7 nitrogen and oxygen atoms in total. The van der Waals surface area contributed by atoms with Crippen LogP contribution in [0.15, 0.2) is 66.1 Å². The van der Waals surface area contributed by atoms with E-state index in [4.69, 9.17) is 4.74 Å². The number of anilines is 1. The molecule has 2 N–H and O–H groups in total. The lowest BCUT2D eigenvalue weighted by atomic mass is 10.2. The number of hydrogen-bond donors (Lipinski definition) is 2. The van der Waals surface area contributed by atoms with E-state index in [-0.39, 0.29) is 22.7 Å². The molecule has 0 saturated heterocycles. The molecule has 0 aliphatic carbocycles. The van der Waals surface area contributed by atoms with E-state index in [0.29, 0.717) is 0 Å². The topological polar surface area (TPSA) is 102 Å². The Bertz CT molecular complexity index is 960.